The highest BCUT2D eigenvalue weighted by atomic mass is 79.9. The minimum Gasteiger partial charge on any atom is -0.437 e. The van der Waals surface area contributed by atoms with Gasteiger partial charge in [-0.1, -0.05) is 15.9 Å². The lowest BCUT2D eigenvalue weighted by Crippen LogP contribution is -1.90. The molecule has 0 saturated heterocycles. The zero-order valence-corrected chi connectivity index (χ0v) is 14.6. The SMILES string of the molecule is Brc1ccc(Oc2ncc(Br)cc2Br)c(Br)c1. The first-order valence-electron chi connectivity index (χ1n) is 4.50. The third-order valence-electron chi connectivity index (χ3n) is 1.87. The Hall–Kier alpha value is 0.0900. The molecule has 0 amide bonds. The predicted molar refractivity (Wildman–Crippen MR) is 81.6 cm³/mol. The first-order valence-corrected chi connectivity index (χ1v) is 7.67. The summed E-state index contributed by atoms with van der Waals surface area (Å²) in [6.45, 7) is 0. The summed E-state index contributed by atoms with van der Waals surface area (Å²) >= 11 is 13.6. The molecule has 17 heavy (non-hydrogen) atoms. The van der Waals surface area contributed by atoms with E-state index >= 15 is 0 Å². The Morgan fingerprint density at radius 2 is 1.59 bits per heavy atom. The first-order chi connectivity index (χ1) is 8.06. The standard InChI is InChI=1S/C11H5Br4NO/c12-6-1-2-10(8(14)3-6)17-11-9(15)4-7(13)5-16-11/h1-5H. The second kappa shape index (κ2) is 5.82. The zero-order chi connectivity index (χ0) is 12.4. The lowest BCUT2D eigenvalue weighted by molar-refractivity contribution is 0.456. The minimum absolute atomic E-state index is 0.524. The first kappa shape index (κ1) is 13.5. The number of pyridine rings is 1. The van der Waals surface area contributed by atoms with Crippen LogP contribution in [0.2, 0.25) is 0 Å². The lowest BCUT2D eigenvalue weighted by atomic mass is 10.3. The number of aromatic nitrogens is 1. The van der Waals surface area contributed by atoms with E-state index in [0.717, 1.165) is 17.9 Å². The summed E-state index contributed by atoms with van der Waals surface area (Å²) in [4.78, 5) is 4.19. The summed E-state index contributed by atoms with van der Waals surface area (Å²) in [5, 5.41) is 0. The molecule has 0 saturated carbocycles. The molecule has 0 atom stereocenters. The highest BCUT2D eigenvalue weighted by Gasteiger charge is 2.08. The van der Waals surface area contributed by atoms with Crippen molar-refractivity contribution in [3.05, 3.63) is 48.4 Å². The van der Waals surface area contributed by atoms with Gasteiger partial charge in [0.2, 0.25) is 5.88 Å². The van der Waals surface area contributed by atoms with Crippen LogP contribution in [-0.2, 0) is 0 Å². The van der Waals surface area contributed by atoms with Crippen molar-refractivity contribution in [1.82, 2.24) is 4.98 Å². The van der Waals surface area contributed by atoms with Crippen LogP contribution in [0, 0.1) is 0 Å². The maximum Gasteiger partial charge on any atom is 0.233 e. The van der Waals surface area contributed by atoms with Crippen LogP contribution < -0.4 is 4.74 Å². The van der Waals surface area contributed by atoms with Gasteiger partial charge in [-0.15, -0.1) is 0 Å². The molecule has 1 aromatic heterocycles. The van der Waals surface area contributed by atoms with E-state index in [-0.39, 0.29) is 0 Å². The number of ether oxygens (including phenoxy) is 1. The molecular weight excluding hydrogens is 482 g/mol. The molecule has 0 N–H and O–H groups in total. The molecule has 0 bridgehead atoms. The summed E-state index contributed by atoms with van der Waals surface area (Å²) < 4.78 is 9.24. The van der Waals surface area contributed by atoms with Crippen molar-refractivity contribution >= 4 is 63.7 Å². The lowest BCUT2D eigenvalue weighted by Gasteiger charge is -2.08. The highest BCUT2D eigenvalue weighted by Crippen LogP contribution is 2.34. The van der Waals surface area contributed by atoms with Crippen LogP contribution >= 0.6 is 63.7 Å². The molecule has 0 fully saturated rings. The van der Waals surface area contributed by atoms with E-state index in [1.807, 2.05) is 24.3 Å². The molecule has 2 aromatic rings. The van der Waals surface area contributed by atoms with Gasteiger partial charge in [-0.3, -0.25) is 0 Å². The van der Waals surface area contributed by atoms with E-state index < -0.39 is 0 Å². The van der Waals surface area contributed by atoms with E-state index in [4.69, 9.17) is 4.74 Å². The normalized spacial score (nSPS) is 10.4. The third kappa shape index (κ3) is 3.53. The monoisotopic (exact) mass is 483 g/mol. The molecule has 6 heteroatoms. The maximum atomic E-state index is 5.70. The molecule has 0 aliphatic rings. The van der Waals surface area contributed by atoms with E-state index in [2.05, 4.69) is 68.7 Å². The molecular formula is C11H5Br4NO. The van der Waals surface area contributed by atoms with Crippen LogP contribution in [-0.4, -0.2) is 4.98 Å². The molecule has 2 nitrogen and oxygen atoms in total. The van der Waals surface area contributed by atoms with E-state index in [9.17, 15) is 0 Å². The smallest absolute Gasteiger partial charge is 0.233 e. The Bertz CT molecular complexity index is 510. The Morgan fingerprint density at radius 1 is 0.882 bits per heavy atom. The molecule has 0 radical (unpaired) electrons. The Kier molecular flexibility index (Phi) is 4.63. The van der Waals surface area contributed by atoms with Crippen molar-refractivity contribution in [1.29, 1.82) is 0 Å². The molecule has 0 aliphatic carbocycles. The van der Waals surface area contributed by atoms with Gasteiger partial charge in [0.25, 0.3) is 0 Å². The van der Waals surface area contributed by atoms with Crippen LogP contribution in [0.3, 0.4) is 0 Å². The Balaban J connectivity index is 2.31. The number of hydrogen-bond donors (Lipinski definition) is 0. The van der Waals surface area contributed by atoms with Crippen molar-refractivity contribution in [2.75, 3.05) is 0 Å². The second-order valence-corrected chi connectivity index (χ2v) is 6.66. The third-order valence-corrected chi connectivity index (χ3v) is 3.99. The summed E-state index contributed by atoms with van der Waals surface area (Å²) in [5.74, 6) is 1.24. The second-order valence-electron chi connectivity index (χ2n) is 3.12. The molecule has 0 aliphatic heterocycles. The molecule has 0 spiro atoms. The fourth-order valence-electron chi connectivity index (χ4n) is 1.14. The van der Waals surface area contributed by atoms with Crippen molar-refractivity contribution < 1.29 is 4.74 Å². The molecule has 88 valence electrons. The van der Waals surface area contributed by atoms with Crippen LogP contribution in [0.15, 0.2) is 48.4 Å². The van der Waals surface area contributed by atoms with E-state index in [1.165, 1.54) is 0 Å². The quantitative estimate of drug-likeness (QED) is 0.525. The summed E-state index contributed by atoms with van der Waals surface area (Å²) in [7, 11) is 0. The molecule has 0 unspecified atom stereocenters. The van der Waals surface area contributed by atoms with Gasteiger partial charge in [0.1, 0.15) is 5.75 Å². The van der Waals surface area contributed by atoms with Gasteiger partial charge >= 0.3 is 0 Å². The van der Waals surface area contributed by atoms with E-state index in [1.54, 1.807) is 6.20 Å². The Labute approximate surface area is 132 Å². The van der Waals surface area contributed by atoms with Crippen LogP contribution in [0.5, 0.6) is 11.6 Å². The highest BCUT2D eigenvalue weighted by molar-refractivity contribution is 9.11. The fourth-order valence-corrected chi connectivity index (χ4v) is 3.34. The van der Waals surface area contributed by atoms with Crippen molar-refractivity contribution in [3.63, 3.8) is 0 Å². The average molecular weight is 487 g/mol. The average Bonchev–Trinajstić information content (AvgIpc) is 2.25. The van der Waals surface area contributed by atoms with Crippen molar-refractivity contribution in [3.8, 4) is 11.6 Å². The maximum absolute atomic E-state index is 5.70. The van der Waals surface area contributed by atoms with Gasteiger partial charge in [-0.05, 0) is 72.1 Å². The van der Waals surface area contributed by atoms with E-state index in [0.29, 0.717) is 11.6 Å². The summed E-state index contributed by atoms with van der Waals surface area (Å²) in [6, 6.07) is 7.58. The molecule has 1 heterocycles. The predicted octanol–water partition coefficient (Wildman–Crippen LogP) is 5.92. The van der Waals surface area contributed by atoms with Crippen LogP contribution in [0.1, 0.15) is 0 Å². The fraction of sp³-hybridized carbons (Fsp3) is 0. The largest absolute Gasteiger partial charge is 0.437 e. The summed E-state index contributed by atoms with van der Waals surface area (Å²) in [6.07, 6.45) is 1.69. The topological polar surface area (TPSA) is 22.1 Å². The Morgan fingerprint density at radius 3 is 2.24 bits per heavy atom. The van der Waals surface area contributed by atoms with Gasteiger partial charge in [0.15, 0.2) is 0 Å². The van der Waals surface area contributed by atoms with Gasteiger partial charge in [0.05, 0.1) is 8.95 Å². The number of hydrogen-bond acceptors (Lipinski definition) is 2. The van der Waals surface area contributed by atoms with Crippen LogP contribution in [0.25, 0.3) is 0 Å². The van der Waals surface area contributed by atoms with Crippen molar-refractivity contribution in [2.45, 2.75) is 0 Å². The number of rotatable bonds is 2. The van der Waals surface area contributed by atoms with Gasteiger partial charge in [0, 0.05) is 15.1 Å². The number of benzene rings is 1. The van der Waals surface area contributed by atoms with Gasteiger partial charge in [-0.25, -0.2) is 4.98 Å². The van der Waals surface area contributed by atoms with Crippen molar-refractivity contribution in [2.24, 2.45) is 0 Å². The minimum atomic E-state index is 0.524. The molecule has 1 aromatic carbocycles. The number of nitrogens with zero attached hydrogens (tertiary/aromatic N) is 1. The van der Waals surface area contributed by atoms with Gasteiger partial charge < -0.3 is 4.74 Å². The van der Waals surface area contributed by atoms with Gasteiger partial charge in [-0.2, -0.15) is 0 Å². The summed E-state index contributed by atoms with van der Waals surface area (Å²) in [5.41, 5.74) is 0. The number of halogens is 4. The zero-order valence-electron chi connectivity index (χ0n) is 8.25. The van der Waals surface area contributed by atoms with Crippen LogP contribution in [0.4, 0.5) is 0 Å². The molecule has 2 rings (SSSR count).